The topological polar surface area (TPSA) is 75.7 Å². The van der Waals surface area contributed by atoms with Gasteiger partial charge in [-0.25, -0.2) is 8.42 Å². The highest BCUT2D eigenvalue weighted by Gasteiger charge is 2.39. The number of nitrogens with one attached hydrogen (secondary N) is 1. The van der Waals surface area contributed by atoms with E-state index in [2.05, 4.69) is 5.32 Å². The Balaban J connectivity index is 1.49. The number of fused-ring (bicyclic) bond motifs is 1. The zero-order chi connectivity index (χ0) is 21.0. The summed E-state index contributed by atoms with van der Waals surface area (Å²) < 4.78 is 33.6. The second-order valence-corrected chi connectivity index (χ2v) is 9.99. The van der Waals surface area contributed by atoms with Crippen molar-refractivity contribution in [2.75, 3.05) is 13.2 Å². The quantitative estimate of drug-likeness (QED) is 0.571. The third-order valence-corrected chi connectivity index (χ3v) is 8.21. The van der Waals surface area contributed by atoms with E-state index >= 15 is 0 Å². The number of hydrogen-bond acceptors (Lipinski definition) is 5. The van der Waals surface area contributed by atoms with Crippen LogP contribution in [0.1, 0.15) is 11.1 Å². The van der Waals surface area contributed by atoms with E-state index in [1.807, 2.05) is 54.6 Å². The second-order valence-electron chi connectivity index (χ2n) is 6.92. The first-order valence-corrected chi connectivity index (χ1v) is 12.0. The highest BCUT2D eigenvalue weighted by molar-refractivity contribution is 7.91. The molecule has 1 N–H and O–H groups in total. The van der Waals surface area contributed by atoms with E-state index in [-0.39, 0.29) is 16.7 Å². The molecule has 1 atom stereocenters. The molecule has 4 rings (SSSR count). The number of carbonyl (C=O) groups is 1. The molecule has 0 radical (unpaired) electrons. The number of nitrogens with zero attached hydrogens (tertiary/aromatic N) is 1. The number of hydrogen-bond donors (Lipinski definition) is 1. The number of rotatable bonds is 7. The summed E-state index contributed by atoms with van der Waals surface area (Å²) in [5.74, 6) is 0.404. The number of thiophene rings is 1. The van der Waals surface area contributed by atoms with Crippen LogP contribution in [0, 0.1) is 0 Å². The van der Waals surface area contributed by atoms with Gasteiger partial charge >= 0.3 is 0 Å². The predicted octanol–water partition coefficient (Wildman–Crippen LogP) is 3.06. The molecule has 0 bridgehead atoms. The Hall–Kier alpha value is -2.68. The van der Waals surface area contributed by atoms with Crippen LogP contribution in [0.25, 0.3) is 0 Å². The van der Waals surface area contributed by atoms with Gasteiger partial charge in [0.1, 0.15) is 22.6 Å². The van der Waals surface area contributed by atoms with Crippen LogP contribution >= 0.6 is 11.3 Å². The van der Waals surface area contributed by atoms with Gasteiger partial charge in [0.15, 0.2) is 0 Å². The van der Waals surface area contributed by atoms with Crippen LogP contribution in [-0.4, -0.2) is 37.8 Å². The number of para-hydroxylation sites is 1. The van der Waals surface area contributed by atoms with Crippen molar-refractivity contribution in [2.45, 2.75) is 23.2 Å². The highest BCUT2D eigenvalue weighted by Crippen LogP contribution is 2.30. The second kappa shape index (κ2) is 8.99. The molecule has 1 aliphatic heterocycles. The molecule has 1 aliphatic rings. The minimum absolute atomic E-state index is 0.176. The summed E-state index contributed by atoms with van der Waals surface area (Å²) in [6.07, 6.45) is 0.339. The molecular weight excluding hydrogens is 420 g/mol. The Bertz CT molecular complexity index is 1100. The van der Waals surface area contributed by atoms with Crippen LogP contribution in [0.5, 0.6) is 5.75 Å². The highest BCUT2D eigenvalue weighted by atomic mass is 32.2. The molecule has 3 aromatic rings. The Morgan fingerprint density at radius 3 is 2.50 bits per heavy atom. The molecule has 8 heteroatoms. The van der Waals surface area contributed by atoms with Crippen molar-refractivity contribution >= 4 is 27.3 Å². The summed E-state index contributed by atoms with van der Waals surface area (Å²) in [5.41, 5.74) is 1.92. The lowest BCUT2D eigenvalue weighted by Gasteiger charge is -2.34. The van der Waals surface area contributed by atoms with Crippen molar-refractivity contribution in [3.05, 3.63) is 83.2 Å². The lowest BCUT2D eigenvalue weighted by Crippen LogP contribution is -2.52. The largest absolute Gasteiger partial charge is 0.492 e. The first kappa shape index (κ1) is 20.6. The summed E-state index contributed by atoms with van der Waals surface area (Å²) >= 11 is 1.16. The first-order valence-electron chi connectivity index (χ1n) is 9.63. The molecule has 0 saturated heterocycles. The van der Waals surface area contributed by atoms with Crippen molar-refractivity contribution in [2.24, 2.45) is 0 Å². The molecule has 6 nitrogen and oxygen atoms in total. The van der Waals surface area contributed by atoms with Gasteiger partial charge in [0.25, 0.3) is 10.0 Å². The monoisotopic (exact) mass is 442 g/mol. The van der Waals surface area contributed by atoms with Crippen LogP contribution in [0.3, 0.4) is 0 Å². The van der Waals surface area contributed by atoms with Crippen LogP contribution < -0.4 is 10.1 Å². The van der Waals surface area contributed by atoms with E-state index < -0.39 is 16.1 Å². The van der Waals surface area contributed by atoms with E-state index in [1.165, 1.54) is 4.31 Å². The Morgan fingerprint density at radius 2 is 1.77 bits per heavy atom. The van der Waals surface area contributed by atoms with Gasteiger partial charge in [-0.3, -0.25) is 4.79 Å². The van der Waals surface area contributed by atoms with Gasteiger partial charge < -0.3 is 10.1 Å². The molecule has 1 unspecified atom stereocenters. The fourth-order valence-corrected chi connectivity index (χ4v) is 6.16. The molecule has 2 heterocycles. The normalized spacial score (nSPS) is 16.6. The van der Waals surface area contributed by atoms with Crippen molar-refractivity contribution in [3.8, 4) is 5.75 Å². The number of amides is 1. The van der Waals surface area contributed by atoms with E-state index in [9.17, 15) is 13.2 Å². The van der Waals surface area contributed by atoms with Gasteiger partial charge in [-0.05, 0) is 41.1 Å². The maximum absolute atomic E-state index is 13.2. The van der Waals surface area contributed by atoms with Gasteiger partial charge in [0.05, 0.1) is 6.54 Å². The Kier molecular flexibility index (Phi) is 6.17. The molecule has 0 spiro atoms. The minimum atomic E-state index is -3.77. The number of benzene rings is 2. The van der Waals surface area contributed by atoms with Crippen molar-refractivity contribution < 1.29 is 17.9 Å². The van der Waals surface area contributed by atoms with Crippen LogP contribution in [-0.2, 0) is 27.8 Å². The molecule has 0 aliphatic carbocycles. The molecule has 2 aromatic carbocycles. The Labute approximate surface area is 180 Å². The van der Waals surface area contributed by atoms with Crippen molar-refractivity contribution in [1.29, 1.82) is 0 Å². The van der Waals surface area contributed by atoms with Crippen molar-refractivity contribution in [3.63, 3.8) is 0 Å². The molecule has 1 amide bonds. The molecule has 156 valence electrons. The maximum Gasteiger partial charge on any atom is 0.253 e. The predicted molar refractivity (Wildman–Crippen MR) is 116 cm³/mol. The van der Waals surface area contributed by atoms with Crippen molar-refractivity contribution in [1.82, 2.24) is 9.62 Å². The zero-order valence-corrected chi connectivity index (χ0v) is 17.9. The van der Waals surface area contributed by atoms with E-state index in [4.69, 9.17) is 4.74 Å². The summed E-state index contributed by atoms with van der Waals surface area (Å²) in [6.45, 7) is 0.768. The lowest BCUT2D eigenvalue weighted by molar-refractivity contribution is -0.125. The fourth-order valence-electron chi connectivity index (χ4n) is 3.48. The SMILES string of the molecule is O=C(NCCOc1ccccc1)C1Cc2ccccc2CN1S(=O)(=O)c1cccs1. The molecule has 1 aromatic heterocycles. The van der Waals surface area contributed by atoms with E-state index in [0.29, 0.717) is 19.6 Å². The minimum Gasteiger partial charge on any atom is -0.492 e. The van der Waals surface area contributed by atoms with E-state index in [0.717, 1.165) is 28.2 Å². The smallest absolute Gasteiger partial charge is 0.253 e. The zero-order valence-electron chi connectivity index (χ0n) is 16.2. The van der Waals surface area contributed by atoms with Gasteiger partial charge in [-0.15, -0.1) is 11.3 Å². The fraction of sp³-hybridized carbons (Fsp3) is 0.227. The summed E-state index contributed by atoms with van der Waals surface area (Å²) in [7, 11) is -3.77. The van der Waals surface area contributed by atoms with Gasteiger partial charge in [-0.1, -0.05) is 48.5 Å². The average Bonchev–Trinajstić information content (AvgIpc) is 3.32. The summed E-state index contributed by atoms with van der Waals surface area (Å²) in [5, 5.41) is 4.56. The average molecular weight is 443 g/mol. The van der Waals surface area contributed by atoms with Crippen LogP contribution in [0.15, 0.2) is 76.3 Å². The number of carbonyl (C=O) groups excluding carboxylic acids is 1. The summed E-state index contributed by atoms with van der Waals surface area (Å²) in [4.78, 5) is 13.0. The van der Waals surface area contributed by atoms with Gasteiger partial charge in [0, 0.05) is 6.54 Å². The van der Waals surface area contributed by atoms with Gasteiger partial charge in [-0.2, -0.15) is 4.31 Å². The van der Waals surface area contributed by atoms with Crippen LogP contribution in [0.2, 0.25) is 0 Å². The molecule has 30 heavy (non-hydrogen) atoms. The maximum atomic E-state index is 13.2. The molecular formula is C22H22N2O4S2. The molecule has 0 saturated carbocycles. The third-order valence-electron chi connectivity index (χ3n) is 4.98. The standard InChI is InChI=1S/C22H22N2O4S2/c25-22(23-12-13-28-19-9-2-1-3-10-19)20-15-17-7-4-5-8-18(17)16-24(20)30(26,27)21-11-6-14-29-21/h1-11,14,20H,12-13,15-16H2,(H,23,25). The van der Waals surface area contributed by atoms with Gasteiger partial charge in [0.2, 0.25) is 5.91 Å². The number of sulfonamides is 1. The summed E-state index contributed by atoms with van der Waals surface area (Å²) in [6, 6.07) is 19.5. The van der Waals surface area contributed by atoms with E-state index in [1.54, 1.807) is 17.5 Å². The molecule has 0 fully saturated rings. The van der Waals surface area contributed by atoms with Crippen LogP contribution in [0.4, 0.5) is 0 Å². The number of ether oxygens (including phenoxy) is 1. The first-order chi connectivity index (χ1) is 14.6. The Morgan fingerprint density at radius 1 is 1.03 bits per heavy atom. The third kappa shape index (κ3) is 4.40. The lowest BCUT2D eigenvalue weighted by atomic mass is 9.95.